The summed E-state index contributed by atoms with van der Waals surface area (Å²) in [4.78, 5) is 50.5. The Hall–Kier alpha value is -4.48. The third-order valence-electron chi connectivity index (χ3n) is 4.57. The van der Waals surface area contributed by atoms with Crippen LogP contribution in [0.3, 0.4) is 0 Å². The summed E-state index contributed by atoms with van der Waals surface area (Å²) in [6, 6.07) is 8.94. The molecular formula is C22H22N4O8. The normalized spacial score (nSPS) is 12.0. The molecule has 1 aromatic heterocycles. The number of hydrogen-bond acceptors (Lipinski definition) is 9. The lowest BCUT2D eigenvalue weighted by Gasteiger charge is -2.16. The molecule has 0 aliphatic carbocycles. The summed E-state index contributed by atoms with van der Waals surface area (Å²) in [6.07, 6.45) is -0.0217. The molecule has 1 atom stereocenters. The summed E-state index contributed by atoms with van der Waals surface area (Å²) >= 11 is 0. The first-order valence-corrected chi connectivity index (χ1v) is 10.3. The second-order valence-electron chi connectivity index (χ2n) is 6.91. The molecule has 1 heterocycles. The highest BCUT2D eigenvalue weighted by Crippen LogP contribution is 2.39. The number of nitrogens with one attached hydrogen (secondary N) is 1. The third kappa shape index (κ3) is 5.11. The van der Waals surface area contributed by atoms with E-state index >= 15 is 0 Å². The van der Waals surface area contributed by atoms with Gasteiger partial charge in [-0.25, -0.2) is 9.59 Å². The maximum Gasteiger partial charge on any atom is 0.349 e. The van der Waals surface area contributed by atoms with Gasteiger partial charge < -0.3 is 19.2 Å². The smallest absolute Gasteiger partial charge is 0.349 e. The van der Waals surface area contributed by atoms with E-state index < -0.39 is 33.9 Å². The number of esters is 1. The standard InChI is InChI=1S/C22H22N4O8/c1-4-32-18-11-14(10-17(26(30)31)19(18)34-13(3)21(28)33-5-2)12-23-25-20(27)15-8-6-7-9-16(15)24-22(25)29/h6-13H,4-5H2,1-3H3,(H,24,29). The van der Waals surface area contributed by atoms with Crippen LogP contribution in [0.1, 0.15) is 26.3 Å². The van der Waals surface area contributed by atoms with E-state index in [9.17, 15) is 24.5 Å². The predicted molar refractivity (Wildman–Crippen MR) is 123 cm³/mol. The summed E-state index contributed by atoms with van der Waals surface area (Å²) in [5.74, 6) is -0.973. The van der Waals surface area contributed by atoms with Crippen LogP contribution in [0, 0.1) is 10.1 Å². The highest BCUT2D eigenvalue weighted by atomic mass is 16.6. The van der Waals surface area contributed by atoms with E-state index in [1.54, 1.807) is 32.0 Å². The Labute approximate surface area is 192 Å². The van der Waals surface area contributed by atoms with Crippen LogP contribution in [-0.4, -0.2) is 46.1 Å². The van der Waals surface area contributed by atoms with Crippen molar-refractivity contribution in [3.05, 3.63) is 72.9 Å². The second-order valence-corrected chi connectivity index (χ2v) is 6.91. The van der Waals surface area contributed by atoms with Crippen molar-refractivity contribution in [3.8, 4) is 11.5 Å². The number of benzene rings is 2. The molecule has 3 aromatic rings. The van der Waals surface area contributed by atoms with Crippen LogP contribution in [0.4, 0.5) is 5.69 Å². The van der Waals surface area contributed by atoms with Crippen LogP contribution < -0.4 is 20.7 Å². The fourth-order valence-electron chi connectivity index (χ4n) is 3.07. The van der Waals surface area contributed by atoms with E-state index in [0.717, 1.165) is 12.3 Å². The van der Waals surface area contributed by atoms with Crippen molar-refractivity contribution >= 4 is 28.8 Å². The molecule has 178 valence electrons. The molecule has 3 rings (SSSR count). The number of fused-ring (bicyclic) bond motifs is 1. The SMILES string of the molecule is CCOC(=O)C(C)Oc1c(OCC)cc(C=Nn2c(=O)[nH]c3ccccc3c2=O)cc1[N+](=O)[O-]. The van der Waals surface area contributed by atoms with Gasteiger partial charge in [0.1, 0.15) is 0 Å². The minimum atomic E-state index is -1.13. The van der Waals surface area contributed by atoms with Gasteiger partial charge in [0.05, 0.1) is 35.3 Å². The average Bonchev–Trinajstić information content (AvgIpc) is 2.80. The molecule has 2 aromatic carbocycles. The van der Waals surface area contributed by atoms with Crippen LogP contribution >= 0.6 is 0 Å². The van der Waals surface area contributed by atoms with Gasteiger partial charge in [0.15, 0.2) is 11.9 Å². The van der Waals surface area contributed by atoms with Crippen LogP contribution in [0.25, 0.3) is 10.9 Å². The molecule has 1 unspecified atom stereocenters. The lowest BCUT2D eigenvalue weighted by Crippen LogP contribution is -2.32. The first kappa shape index (κ1) is 24.2. The monoisotopic (exact) mass is 470 g/mol. The Kier molecular flexibility index (Phi) is 7.41. The maximum atomic E-state index is 12.6. The zero-order valence-electron chi connectivity index (χ0n) is 18.6. The quantitative estimate of drug-likeness (QED) is 0.216. The van der Waals surface area contributed by atoms with Crippen LogP contribution in [0.2, 0.25) is 0 Å². The predicted octanol–water partition coefficient (Wildman–Crippen LogP) is 2.21. The summed E-state index contributed by atoms with van der Waals surface area (Å²) in [5.41, 5.74) is -1.41. The van der Waals surface area contributed by atoms with Gasteiger partial charge in [-0.2, -0.15) is 5.10 Å². The Morgan fingerprint density at radius 1 is 1.24 bits per heavy atom. The fourth-order valence-corrected chi connectivity index (χ4v) is 3.07. The lowest BCUT2D eigenvalue weighted by atomic mass is 10.1. The molecule has 1 N–H and O–H groups in total. The number of carbonyl (C=O) groups is 1. The average molecular weight is 470 g/mol. The number of aromatic nitrogens is 2. The van der Waals surface area contributed by atoms with Crippen molar-refractivity contribution in [1.29, 1.82) is 0 Å². The number of nitro benzene ring substituents is 1. The highest BCUT2D eigenvalue weighted by molar-refractivity contribution is 5.84. The molecule has 12 heteroatoms. The van der Waals surface area contributed by atoms with Crippen molar-refractivity contribution in [2.24, 2.45) is 5.10 Å². The molecule has 34 heavy (non-hydrogen) atoms. The topological polar surface area (TPSA) is 155 Å². The fraction of sp³-hybridized carbons (Fsp3) is 0.273. The largest absolute Gasteiger partial charge is 0.490 e. The van der Waals surface area contributed by atoms with Gasteiger partial charge in [0, 0.05) is 11.6 Å². The molecular weight excluding hydrogens is 448 g/mol. The zero-order chi connectivity index (χ0) is 24.8. The van der Waals surface area contributed by atoms with Gasteiger partial charge in [-0.3, -0.25) is 14.9 Å². The van der Waals surface area contributed by atoms with Crippen molar-refractivity contribution in [2.75, 3.05) is 13.2 Å². The summed E-state index contributed by atoms with van der Waals surface area (Å²) in [6.45, 7) is 4.95. The number of H-pyrrole nitrogens is 1. The summed E-state index contributed by atoms with van der Waals surface area (Å²) in [5, 5.41) is 15.9. The van der Waals surface area contributed by atoms with Crippen LogP contribution in [0.15, 0.2) is 51.1 Å². The second kappa shape index (κ2) is 10.4. The molecule has 0 aliphatic rings. The highest BCUT2D eigenvalue weighted by Gasteiger charge is 2.27. The van der Waals surface area contributed by atoms with Crippen molar-refractivity contribution in [1.82, 2.24) is 9.66 Å². The number of aromatic amines is 1. The van der Waals surface area contributed by atoms with E-state index in [4.69, 9.17) is 14.2 Å². The molecule has 0 fully saturated rings. The Balaban J connectivity index is 2.06. The van der Waals surface area contributed by atoms with E-state index in [1.807, 2.05) is 0 Å². The van der Waals surface area contributed by atoms with Gasteiger partial charge in [0.2, 0.25) is 5.75 Å². The van der Waals surface area contributed by atoms with Gasteiger partial charge in [-0.15, -0.1) is 4.68 Å². The number of nitro groups is 1. The third-order valence-corrected chi connectivity index (χ3v) is 4.57. The number of rotatable bonds is 9. The molecule has 0 saturated carbocycles. The molecule has 0 radical (unpaired) electrons. The van der Waals surface area contributed by atoms with Crippen LogP contribution in [0.5, 0.6) is 11.5 Å². The number of para-hydroxylation sites is 1. The molecule has 0 bridgehead atoms. The molecule has 12 nitrogen and oxygen atoms in total. The van der Waals surface area contributed by atoms with Crippen molar-refractivity contribution in [3.63, 3.8) is 0 Å². The molecule has 0 amide bonds. The first-order valence-electron chi connectivity index (χ1n) is 10.3. The minimum Gasteiger partial charge on any atom is -0.490 e. The summed E-state index contributed by atoms with van der Waals surface area (Å²) in [7, 11) is 0. The van der Waals surface area contributed by atoms with E-state index in [0.29, 0.717) is 10.2 Å². The van der Waals surface area contributed by atoms with Crippen LogP contribution in [-0.2, 0) is 9.53 Å². The Morgan fingerprint density at radius 3 is 2.65 bits per heavy atom. The van der Waals surface area contributed by atoms with Gasteiger partial charge in [0.25, 0.3) is 5.56 Å². The van der Waals surface area contributed by atoms with E-state index in [2.05, 4.69) is 10.1 Å². The Bertz CT molecular complexity index is 1380. The molecule has 0 spiro atoms. The molecule has 0 aliphatic heterocycles. The summed E-state index contributed by atoms with van der Waals surface area (Å²) < 4.78 is 16.5. The zero-order valence-corrected chi connectivity index (χ0v) is 18.6. The maximum absolute atomic E-state index is 12.6. The van der Waals surface area contributed by atoms with E-state index in [1.165, 1.54) is 19.1 Å². The van der Waals surface area contributed by atoms with Crippen molar-refractivity contribution < 1.29 is 23.9 Å². The number of ether oxygens (including phenoxy) is 3. The Morgan fingerprint density at radius 2 is 1.97 bits per heavy atom. The number of hydrogen-bond donors (Lipinski definition) is 1. The first-order chi connectivity index (χ1) is 16.3. The van der Waals surface area contributed by atoms with Crippen molar-refractivity contribution in [2.45, 2.75) is 26.9 Å². The van der Waals surface area contributed by atoms with E-state index in [-0.39, 0.29) is 35.7 Å². The number of nitrogens with zero attached hydrogens (tertiary/aromatic N) is 3. The number of carbonyl (C=O) groups excluding carboxylic acids is 1. The van der Waals surface area contributed by atoms with Gasteiger partial charge >= 0.3 is 17.3 Å². The molecule has 0 saturated heterocycles. The minimum absolute atomic E-state index is 0.0194. The lowest BCUT2D eigenvalue weighted by molar-refractivity contribution is -0.386. The van der Waals surface area contributed by atoms with Gasteiger partial charge in [-0.05, 0) is 39.0 Å². The van der Waals surface area contributed by atoms with Gasteiger partial charge in [-0.1, -0.05) is 12.1 Å².